The van der Waals surface area contributed by atoms with Gasteiger partial charge in [0.1, 0.15) is 22.1 Å². The Morgan fingerprint density at radius 2 is 1.11 bits per heavy atom. The molecule has 4 rings (SSSR count). The second-order valence-corrected chi connectivity index (χ2v) is 3.88. The summed E-state index contributed by atoms with van der Waals surface area (Å²) in [4.78, 5) is 0. The molecule has 0 bridgehead atoms. The molecule has 0 N–H and O–H groups in total. The van der Waals surface area contributed by atoms with Crippen LogP contribution in [0.2, 0.25) is 0 Å². The summed E-state index contributed by atoms with van der Waals surface area (Å²) < 4.78 is 9.52. The van der Waals surface area contributed by atoms with Crippen molar-refractivity contribution in [1.82, 2.24) is 20.6 Å². The lowest BCUT2D eigenvalue weighted by Crippen LogP contribution is -1.83. The third-order valence-corrected chi connectivity index (χ3v) is 2.86. The molecule has 6 heteroatoms. The first-order valence-corrected chi connectivity index (χ1v) is 5.36. The van der Waals surface area contributed by atoms with E-state index in [1.165, 1.54) is 0 Å². The molecule has 86 valence electrons. The van der Waals surface area contributed by atoms with Gasteiger partial charge in [-0.05, 0) is 32.8 Å². The molecule has 0 aliphatic carbocycles. The van der Waals surface area contributed by atoms with Crippen LogP contribution in [-0.4, -0.2) is 20.6 Å². The van der Waals surface area contributed by atoms with Crippen molar-refractivity contribution < 1.29 is 9.26 Å². The molecule has 0 spiro atoms. The normalized spacial score (nSPS) is 11.3. The van der Waals surface area contributed by atoms with Gasteiger partial charge in [-0.25, -0.2) is 9.26 Å². The first-order chi connectivity index (χ1) is 8.93. The molecule has 0 unspecified atom stereocenters. The molecule has 0 aliphatic rings. The van der Waals surface area contributed by atoms with Crippen LogP contribution in [0.3, 0.4) is 0 Å². The van der Waals surface area contributed by atoms with E-state index in [-0.39, 0.29) is 0 Å². The van der Waals surface area contributed by atoms with Gasteiger partial charge in [0, 0.05) is 11.1 Å². The third kappa shape index (κ3) is 1.17. The van der Waals surface area contributed by atoms with Crippen LogP contribution in [0, 0.1) is 0 Å². The van der Waals surface area contributed by atoms with Crippen molar-refractivity contribution in [2.24, 2.45) is 0 Å². The molecule has 0 saturated carbocycles. The number of rotatable bonds is 1. The molecule has 0 radical (unpaired) electrons. The van der Waals surface area contributed by atoms with E-state index < -0.39 is 0 Å². The van der Waals surface area contributed by atoms with E-state index in [1.807, 2.05) is 36.4 Å². The Labute approximate surface area is 100 Å². The fraction of sp³-hybridized carbons (Fsp3) is 0. The summed E-state index contributed by atoms with van der Waals surface area (Å²) in [6.45, 7) is 0. The molecule has 18 heavy (non-hydrogen) atoms. The number of hydrogen-bond donors (Lipinski definition) is 0. The van der Waals surface area contributed by atoms with Gasteiger partial charge in [0.15, 0.2) is 0 Å². The Balaban J connectivity index is 2.13. The third-order valence-electron chi connectivity index (χ3n) is 2.86. The van der Waals surface area contributed by atoms with E-state index in [0.29, 0.717) is 22.1 Å². The summed E-state index contributed by atoms with van der Waals surface area (Å²) in [6.07, 6.45) is 0. The molecule has 2 aromatic carbocycles. The molecule has 2 heterocycles. The molecule has 0 atom stereocenters. The average molecular weight is 238 g/mol. The van der Waals surface area contributed by atoms with E-state index in [1.54, 1.807) is 0 Å². The second-order valence-electron chi connectivity index (χ2n) is 3.88. The van der Waals surface area contributed by atoms with E-state index >= 15 is 0 Å². The Morgan fingerprint density at radius 1 is 0.611 bits per heavy atom. The Kier molecular flexibility index (Phi) is 1.74. The monoisotopic (exact) mass is 238 g/mol. The molecule has 0 fully saturated rings. The van der Waals surface area contributed by atoms with Crippen LogP contribution in [0.4, 0.5) is 0 Å². The van der Waals surface area contributed by atoms with Gasteiger partial charge in [-0.3, -0.25) is 0 Å². The van der Waals surface area contributed by atoms with Gasteiger partial charge >= 0.3 is 0 Å². The summed E-state index contributed by atoms with van der Waals surface area (Å²) in [5, 5.41) is 15.5. The maximum Gasteiger partial charge on any atom is 0.143 e. The molecular weight excluding hydrogens is 232 g/mol. The highest BCUT2D eigenvalue weighted by Gasteiger charge is 2.13. The van der Waals surface area contributed by atoms with Gasteiger partial charge in [-0.1, -0.05) is 24.3 Å². The van der Waals surface area contributed by atoms with Crippen molar-refractivity contribution in [2.45, 2.75) is 0 Å². The topological polar surface area (TPSA) is 77.8 Å². The average Bonchev–Trinajstić information content (AvgIpc) is 3.06. The minimum Gasteiger partial charge on any atom is -0.243 e. The molecular formula is C12H6N4O2. The fourth-order valence-corrected chi connectivity index (χ4v) is 2.05. The summed E-state index contributed by atoms with van der Waals surface area (Å²) >= 11 is 0. The zero-order valence-corrected chi connectivity index (χ0v) is 9.07. The lowest BCUT2D eigenvalue weighted by Gasteiger charge is -2.00. The molecule has 2 aromatic heterocycles. The molecule has 4 aromatic rings. The largest absolute Gasteiger partial charge is 0.243 e. The fourth-order valence-electron chi connectivity index (χ4n) is 2.05. The Bertz CT molecular complexity index is 777. The van der Waals surface area contributed by atoms with Crippen LogP contribution in [-0.2, 0) is 0 Å². The number of hydrogen-bond acceptors (Lipinski definition) is 6. The maximum atomic E-state index is 4.76. The zero-order chi connectivity index (χ0) is 11.9. The van der Waals surface area contributed by atoms with Crippen molar-refractivity contribution in [3.05, 3.63) is 36.4 Å². The van der Waals surface area contributed by atoms with E-state index in [0.717, 1.165) is 11.1 Å². The number of benzene rings is 2. The van der Waals surface area contributed by atoms with Crippen molar-refractivity contribution in [2.75, 3.05) is 0 Å². The minimum absolute atomic E-state index is 0.702. The van der Waals surface area contributed by atoms with Gasteiger partial charge in [-0.15, -0.1) is 0 Å². The van der Waals surface area contributed by atoms with Gasteiger partial charge in [0.2, 0.25) is 0 Å². The first-order valence-electron chi connectivity index (χ1n) is 5.36. The summed E-state index contributed by atoms with van der Waals surface area (Å²) in [5.41, 5.74) is 4.62. The smallest absolute Gasteiger partial charge is 0.143 e. The summed E-state index contributed by atoms with van der Waals surface area (Å²) in [6, 6.07) is 11.4. The van der Waals surface area contributed by atoms with Crippen LogP contribution in [0.15, 0.2) is 45.7 Å². The van der Waals surface area contributed by atoms with Crippen LogP contribution in [0.25, 0.3) is 33.2 Å². The quantitative estimate of drug-likeness (QED) is 0.506. The van der Waals surface area contributed by atoms with Gasteiger partial charge in [0.25, 0.3) is 0 Å². The van der Waals surface area contributed by atoms with Crippen molar-refractivity contribution >= 4 is 22.1 Å². The van der Waals surface area contributed by atoms with Crippen LogP contribution < -0.4 is 0 Å². The van der Waals surface area contributed by atoms with Crippen LogP contribution >= 0.6 is 0 Å². The van der Waals surface area contributed by atoms with Gasteiger partial charge < -0.3 is 0 Å². The predicted molar refractivity (Wildman–Crippen MR) is 62.6 cm³/mol. The van der Waals surface area contributed by atoms with E-state index in [9.17, 15) is 0 Å². The summed E-state index contributed by atoms with van der Waals surface area (Å²) in [5.74, 6) is 0. The first kappa shape index (κ1) is 9.29. The minimum atomic E-state index is 0.702. The van der Waals surface area contributed by atoms with E-state index in [4.69, 9.17) is 9.26 Å². The Morgan fingerprint density at radius 3 is 1.61 bits per heavy atom. The number of aromatic nitrogens is 4. The number of nitrogens with zero attached hydrogens (tertiary/aromatic N) is 4. The lowest BCUT2D eigenvalue weighted by molar-refractivity contribution is 0.315. The second kappa shape index (κ2) is 3.36. The van der Waals surface area contributed by atoms with Crippen molar-refractivity contribution in [3.8, 4) is 11.1 Å². The highest BCUT2D eigenvalue weighted by molar-refractivity contribution is 5.99. The molecule has 0 saturated heterocycles. The molecule has 0 amide bonds. The zero-order valence-electron chi connectivity index (χ0n) is 9.07. The van der Waals surface area contributed by atoms with Crippen molar-refractivity contribution in [1.29, 1.82) is 0 Å². The van der Waals surface area contributed by atoms with Gasteiger partial charge in [-0.2, -0.15) is 0 Å². The predicted octanol–water partition coefficient (Wildman–Crippen LogP) is 2.43. The standard InChI is InChI=1S/C12H6N4O2/c1-3-7(11-9(5-1)13-17-15-11)8-4-2-6-10-12(8)16-18-14-10/h1-6H. The highest BCUT2D eigenvalue weighted by Crippen LogP contribution is 2.30. The molecule has 6 nitrogen and oxygen atoms in total. The summed E-state index contributed by atoms with van der Waals surface area (Å²) in [7, 11) is 0. The Hall–Kier alpha value is -2.76. The van der Waals surface area contributed by atoms with Crippen LogP contribution in [0.1, 0.15) is 0 Å². The van der Waals surface area contributed by atoms with E-state index in [2.05, 4.69) is 20.6 Å². The maximum absolute atomic E-state index is 4.76. The SMILES string of the molecule is c1cc(-c2cccc3nonc23)c2nonc2c1. The highest BCUT2D eigenvalue weighted by atomic mass is 16.6. The lowest BCUT2D eigenvalue weighted by atomic mass is 10.0. The van der Waals surface area contributed by atoms with Crippen LogP contribution in [0.5, 0.6) is 0 Å². The van der Waals surface area contributed by atoms with Crippen molar-refractivity contribution in [3.63, 3.8) is 0 Å². The number of fused-ring (bicyclic) bond motifs is 2. The van der Waals surface area contributed by atoms with Gasteiger partial charge in [0.05, 0.1) is 0 Å². The molecule has 0 aliphatic heterocycles.